The summed E-state index contributed by atoms with van der Waals surface area (Å²) in [6.45, 7) is 4.89. The van der Waals surface area contributed by atoms with Gasteiger partial charge in [0.2, 0.25) is 0 Å². The summed E-state index contributed by atoms with van der Waals surface area (Å²) in [5.74, 6) is 0.611. The van der Waals surface area contributed by atoms with Crippen LogP contribution in [0.3, 0.4) is 0 Å². The molecule has 3 heteroatoms. The molecule has 2 unspecified atom stereocenters. The zero-order valence-electron chi connectivity index (χ0n) is 11.5. The van der Waals surface area contributed by atoms with E-state index in [-0.39, 0.29) is 5.54 Å². The van der Waals surface area contributed by atoms with Gasteiger partial charge in [-0.15, -0.1) is 0 Å². The maximum atomic E-state index is 6.10. The first-order valence-electron chi connectivity index (χ1n) is 7.19. The number of nitrogens with zero attached hydrogens (tertiary/aromatic N) is 1. The van der Waals surface area contributed by atoms with Crippen molar-refractivity contribution in [2.75, 3.05) is 26.8 Å². The summed E-state index contributed by atoms with van der Waals surface area (Å²) in [5.41, 5.74) is 6.22. The summed E-state index contributed by atoms with van der Waals surface area (Å²) < 4.78 is 5.56. The summed E-state index contributed by atoms with van der Waals surface area (Å²) in [5, 5.41) is 0. The lowest BCUT2D eigenvalue weighted by molar-refractivity contribution is 0.0203. The molecule has 1 aliphatic heterocycles. The highest BCUT2D eigenvalue weighted by molar-refractivity contribution is 4.97. The summed E-state index contributed by atoms with van der Waals surface area (Å²) >= 11 is 0. The minimum Gasteiger partial charge on any atom is -0.381 e. The van der Waals surface area contributed by atoms with Crippen LogP contribution >= 0.6 is 0 Å². The number of ether oxygens (including phenoxy) is 1. The van der Waals surface area contributed by atoms with Crippen LogP contribution in [0.4, 0.5) is 0 Å². The highest BCUT2D eigenvalue weighted by Gasteiger charge is 2.41. The molecule has 0 aromatic rings. The van der Waals surface area contributed by atoms with E-state index in [1.807, 2.05) is 0 Å². The lowest BCUT2D eigenvalue weighted by atomic mass is 9.81. The molecule has 3 nitrogen and oxygen atoms in total. The Kier molecular flexibility index (Phi) is 4.45. The van der Waals surface area contributed by atoms with Crippen LogP contribution in [0.1, 0.15) is 45.4 Å². The molecule has 1 heterocycles. The average Bonchev–Trinajstić information content (AvgIpc) is 2.92. The number of rotatable bonds is 4. The minimum atomic E-state index is 0.124. The van der Waals surface area contributed by atoms with Gasteiger partial charge in [0.15, 0.2) is 0 Å². The predicted molar refractivity (Wildman–Crippen MR) is 71.0 cm³/mol. The minimum absolute atomic E-state index is 0.124. The smallest absolute Gasteiger partial charge is 0.0513 e. The van der Waals surface area contributed by atoms with Crippen molar-refractivity contribution in [3.63, 3.8) is 0 Å². The van der Waals surface area contributed by atoms with E-state index in [1.54, 1.807) is 0 Å². The van der Waals surface area contributed by atoms with Crippen molar-refractivity contribution >= 4 is 0 Å². The van der Waals surface area contributed by atoms with E-state index in [0.717, 1.165) is 25.8 Å². The van der Waals surface area contributed by atoms with Gasteiger partial charge in [0, 0.05) is 30.7 Å². The Morgan fingerprint density at radius 2 is 1.94 bits per heavy atom. The second kappa shape index (κ2) is 5.68. The number of hydrogen-bond acceptors (Lipinski definition) is 3. The van der Waals surface area contributed by atoms with Gasteiger partial charge in [0.05, 0.1) is 6.61 Å². The van der Waals surface area contributed by atoms with E-state index in [0.29, 0.717) is 5.92 Å². The number of nitrogens with two attached hydrogens (primary N) is 1. The third-order valence-electron chi connectivity index (χ3n) is 5.15. The summed E-state index contributed by atoms with van der Waals surface area (Å²) in [6.07, 6.45) is 8.05. The molecule has 0 aromatic carbocycles. The molecular formula is C14H28N2O. The fraction of sp³-hybridized carbons (Fsp3) is 1.00. The largest absolute Gasteiger partial charge is 0.381 e. The van der Waals surface area contributed by atoms with Crippen LogP contribution in [0.15, 0.2) is 0 Å². The van der Waals surface area contributed by atoms with Crippen LogP contribution in [-0.2, 0) is 4.74 Å². The topological polar surface area (TPSA) is 38.5 Å². The lowest BCUT2D eigenvalue weighted by Crippen LogP contribution is -2.58. The zero-order valence-corrected chi connectivity index (χ0v) is 11.5. The molecule has 17 heavy (non-hydrogen) atoms. The molecule has 2 fully saturated rings. The Bertz CT molecular complexity index is 234. The first-order valence-corrected chi connectivity index (χ1v) is 7.19. The molecule has 1 saturated carbocycles. The van der Waals surface area contributed by atoms with Crippen molar-refractivity contribution < 1.29 is 4.74 Å². The fourth-order valence-electron chi connectivity index (χ4n) is 3.51. The normalized spacial score (nSPS) is 30.7. The van der Waals surface area contributed by atoms with E-state index >= 15 is 0 Å². The molecule has 0 aromatic heterocycles. The third kappa shape index (κ3) is 2.67. The second-order valence-corrected chi connectivity index (χ2v) is 6.02. The molecule has 2 rings (SSSR count). The van der Waals surface area contributed by atoms with Crippen molar-refractivity contribution in [1.82, 2.24) is 4.90 Å². The molecular weight excluding hydrogens is 212 g/mol. The van der Waals surface area contributed by atoms with Crippen molar-refractivity contribution in [3.8, 4) is 0 Å². The molecule has 0 radical (unpaired) electrons. The first-order chi connectivity index (χ1) is 8.18. The molecule has 2 N–H and O–H groups in total. The third-order valence-corrected chi connectivity index (χ3v) is 5.15. The van der Waals surface area contributed by atoms with Gasteiger partial charge in [0.1, 0.15) is 0 Å². The monoisotopic (exact) mass is 240 g/mol. The van der Waals surface area contributed by atoms with Gasteiger partial charge in [0.25, 0.3) is 0 Å². The van der Waals surface area contributed by atoms with Crippen molar-refractivity contribution in [2.24, 2.45) is 11.7 Å². The van der Waals surface area contributed by atoms with Gasteiger partial charge in [-0.05, 0) is 33.2 Å². The maximum absolute atomic E-state index is 6.10. The quantitative estimate of drug-likeness (QED) is 0.817. The highest BCUT2D eigenvalue weighted by Crippen LogP contribution is 2.34. The van der Waals surface area contributed by atoms with Crippen molar-refractivity contribution in [1.29, 1.82) is 0 Å². The Morgan fingerprint density at radius 1 is 1.24 bits per heavy atom. The maximum Gasteiger partial charge on any atom is 0.0513 e. The van der Waals surface area contributed by atoms with E-state index in [9.17, 15) is 0 Å². The fourth-order valence-corrected chi connectivity index (χ4v) is 3.51. The Balaban J connectivity index is 2.04. The number of likely N-dealkylation sites (N-methyl/N-ethyl adjacent to an activating group) is 1. The van der Waals surface area contributed by atoms with Gasteiger partial charge in [-0.3, -0.25) is 4.90 Å². The van der Waals surface area contributed by atoms with E-state index < -0.39 is 0 Å². The van der Waals surface area contributed by atoms with Crippen LogP contribution in [-0.4, -0.2) is 43.3 Å². The van der Waals surface area contributed by atoms with Crippen LogP contribution in [0.2, 0.25) is 0 Å². The lowest BCUT2D eigenvalue weighted by Gasteiger charge is -2.47. The summed E-state index contributed by atoms with van der Waals surface area (Å²) in [4.78, 5) is 2.57. The summed E-state index contributed by atoms with van der Waals surface area (Å²) in [6, 6.07) is 0.734. The van der Waals surface area contributed by atoms with E-state index in [2.05, 4.69) is 18.9 Å². The van der Waals surface area contributed by atoms with E-state index in [4.69, 9.17) is 10.5 Å². The highest BCUT2D eigenvalue weighted by atomic mass is 16.5. The van der Waals surface area contributed by atoms with Crippen LogP contribution in [0.25, 0.3) is 0 Å². The standard InChI is InChI=1S/C14H28N2O/c1-14(11-15,12-8-9-17-10-12)16(2)13-6-4-3-5-7-13/h12-13H,3-11,15H2,1-2H3. The van der Waals surface area contributed by atoms with Crippen LogP contribution in [0.5, 0.6) is 0 Å². The Morgan fingerprint density at radius 3 is 2.47 bits per heavy atom. The molecule has 2 aliphatic rings. The van der Waals surface area contributed by atoms with Crippen molar-refractivity contribution in [2.45, 2.75) is 57.0 Å². The van der Waals surface area contributed by atoms with Gasteiger partial charge in [-0.2, -0.15) is 0 Å². The molecule has 100 valence electrons. The SMILES string of the molecule is CN(C1CCCCC1)C(C)(CN)C1CCOC1. The molecule has 0 spiro atoms. The van der Waals surface area contributed by atoms with Crippen LogP contribution < -0.4 is 5.73 Å². The first kappa shape index (κ1) is 13.3. The number of hydrogen-bond donors (Lipinski definition) is 1. The molecule has 1 saturated heterocycles. The zero-order chi connectivity index (χ0) is 12.3. The molecule has 1 aliphatic carbocycles. The van der Waals surface area contributed by atoms with Gasteiger partial charge >= 0.3 is 0 Å². The van der Waals surface area contributed by atoms with Gasteiger partial charge in [-0.25, -0.2) is 0 Å². The van der Waals surface area contributed by atoms with E-state index in [1.165, 1.54) is 38.5 Å². The predicted octanol–water partition coefficient (Wildman–Crippen LogP) is 2.00. The van der Waals surface area contributed by atoms with Gasteiger partial charge < -0.3 is 10.5 Å². The van der Waals surface area contributed by atoms with Crippen LogP contribution in [0, 0.1) is 5.92 Å². The van der Waals surface area contributed by atoms with Gasteiger partial charge in [-0.1, -0.05) is 19.3 Å². The Labute approximate surface area is 106 Å². The molecule has 0 bridgehead atoms. The average molecular weight is 240 g/mol. The summed E-state index contributed by atoms with van der Waals surface area (Å²) in [7, 11) is 2.28. The Hall–Kier alpha value is -0.120. The second-order valence-electron chi connectivity index (χ2n) is 6.02. The molecule has 0 amide bonds. The molecule has 2 atom stereocenters. The van der Waals surface area contributed by atoms with Crippen molar-refractivity contribution in [3.05, 3.63) is 0 Å².